The van der Waals surface area contributed by atoms with E-state index in [2.05, 4.69) is 63.2 Å². The van der Waals surface area contributed by atoms with Gasteiger partial charge in [0.1, 0.15) is 0 Å². The number of hydrogen-bond acceptors (Lipinski definition) is 0. The van der Waals surface area contributed by atoms with Gasteiger partial charge in [0.05, 0.1) is 0 Å². The minimum atomic E-state index is 1.08. The van der Waals surface area contributed by atoms with Gasteiger partial charge in [-0.15, -0.1) is 0 Å². The van der Waals surface area contributed by atoms with Crippen molar-refractivity contribution < 1.29 is 0 Å². The Hall–Kier alpha value is -2.08. The van der Waals surface area contributed by atoms with E-state index in [1.165, 1.54) is 49.7 Å². The largest absolute Gasteiger partial charge is 0.0587 e. The van der Waals surface area contributed by atoms with Gasteiger partial charge in [-0.3, -0.25) is 0 Å². The molecule has 0 bridgehead atoms. The highest BCUT2D eigenvalue weighted by Gasteiger charge is 2.21. The molecule has 0 radical (unpaired) electrons. The number of hydrogen-bond donors (Lipinski definition) is 0. The van der Waals surface area contributed by atoms with Crippen LogP contribution in [0.3, 0.4) is 0 Å². The summed E-state index contributed by atoms with van der Waals surface area (Å²) in [5.41, 5.74) is 9.95. The molecule has 4 rings (SSSR count). The zero-order valence-corrected chi connectivity index (χ0v) is 12.2. The third-order valence-corrected chi connectivity index (χ3v) is 4.49. The Morgan fingerprint density at radius 2 is 1.45 bits per heavy atom. The smallest absolute Gasteiger partial charge is 0.00130 e. The van der Waals surface area contributed by atoms with Crippen molar-refractivity contribution in [3.05, 3.63) is 70.3 Å². The summed E-state index contributed by atoms with van der Waals surface area (Å²) in [7, 11) is 0. The first-order valence-corrected chi connectivity index (χ1v) is 7.26. The SMILES string of the molecule is Cc1ccc2c(c1)Cc1cc(C)c3ccc(C)cc3c1-2. The van der Waals surface area contributed by atoms with E-state index in [9.17, 15) is 0 Å². The fraction of sp³-hybridized carbons (Fsp3) is 0.200. The number of rotatable bonds is 0. The summed E-state index contributed by atoms with van der Waals surface area (Å²) in [5, 5.41) is 2.81. The van der Waals surface area contributed by atoms with Gasteiger partial charge in [0.2, 0.25) is 0 Å². The van der Waals surface area contributed by atoms with Gasteiger partial charge in [-0.25, -0.2) is 0 Å². The third-order valence-electron chi connectivity index (χ3n) is 4.49. The molecule has 0 saturated carbocycles. The molecule has 0 unspecified atom stereocenters. The Morgan fingerprint density at radius 1 is 0.700 bits per heavy atom. The average Bonchev–Trinajstić information content (AvgIpc) is 2.75. The zero-order valence-electron chi connectivity index (χ0n) is 12.2. The molecule has 0 saturated heterocycles. The van der Waals surface area contributed by atoms with Crippen LogP contribution < -0.4 is 0 Å². The van der Waals surface area contributed by atoms with Crippen LogP contribution >= 0.6 is 0 Å². The van der Waals surface area contributed by atoms with Crippen molar-refractivity contribution in [2.75, 3.05) is 0 Å². The summed E-state index contributed by atoms with van der Waals surface area (Å²) in [5.74, 6) is 0. The van der Waals surface area contributed by atoms with E-state index >= 15 is 0 Å². The summed E-state index contributed by atoms with van der Waals surface area (Å²) in [4.78, 5) is 0. The van der Waals surface area contributed by atoms with Crippen LogP contribution in [-0.4, -0.2) is 0 Å². The van der Waals surface area contributed by atoms with Crippen molar-refractivity contribution in [1.29, 1.82) is 0 Å². The Labute approximate surface area is 120 Å². The van der Waals surface area contributed by atoms with Crippen LogP contribution in [0.5, 0.6) is 0 Å². The third kappa shape index (κ3) is 1.54. The molecule has 0 amide bonds. The molecule has 0 aromatic heterocycles. The normalized spacial score (nSPS) is 12.6. The van der Waals surface area contributed by atoms with Gasteiger partial charge in [0, 0.05) is 0 Å². The van der Waals surface area contributed by atoms with Crippen molar-refractivity contribution in [3.63, 3.8) is 0 Å². The van der Waals surface area contributed by atoms with Gasteiger partial charge >= 0.3 is 0 Å². The van der Waals surface area contributed by atoms with Gasteiger partial charge in [0.15, 0.2) is 0 Å². The molecule has 0 fully saturated rings. The highest BCUT2D eigenvalue weighted by Crippen LogP contribution is 2.42. The van der Waals surface area contributed by atoms with E-state index in [0.29, 0.717) is 0 Å². The van der Waals surface area contributed by atoms with Crippen LogP contribution in [0.1, 0.15) is 27.8 Å². The molecule has 1 aliphatic carbocycles. The molecule has 0 heteroatoms. The topological polar surface area (TPSA) is 0 Å². The van der Waals surface area contributed by atoms with Crippen LogP contribution in [0.4, 0.5) is 0 Å². The van der Waals surface area contributed by atoms with Crippen molar-refractivity contribution in [3.8, 4) is 11.1 Å². The number of benzene rings is 3. The molecule has 0 nitrogen and oxygen atoms in total. The fourth-order valence-corrected chi connectivity index (χ4v) is 3.57. The minimum Gasteiger partial charge on any atom is -0.0587 e. The summed E-state index contributed by atoms with van der Waals surface area (Å²) in [6, 6.07) is 16.1. The quantitative estimate of drug-likeness (QED) is 0.399. The lowest BCUT2D eigenvalue weighted by Crippen LogP contribution is -1.87. The van der Waals surface area contributed by atoms with E-state index in [0.717, 1.165) is 6.42 Å². The molecule has 0 aliphatic heterocycles. The van der Waals surface area contributed by atoms with Gasteiger partial charge in [-0.05, 0) is 65.8 Å². The highest BCUT2D eigenvalue weighted by atomic mass is 14.2. The van der Waals surface area contributed by atoms with E-state index in [-0.39, 0.29) is 0 Å². The molecule has 1 aliphatic rings. The van der Waals surface area contributed by atoms with Crippen LogP contribution in [0.15, 0.2) is 42.5 Å². The maximum absolute atomic E-state index is 2.38. The first kappa shape index (κ1) is 11.7. The van der Waals surface area contributed by atoms with Crippen molar-refractivity contribution in [1.82, 2.24) is 0 Å². The second kappa shape index (κ2) is 3.96. The molecular weight excluding hydrogens is 240 g/mol. The summed E-state index contributed by atoms with van der Waals surface area (Å²) in [6.45, 7) is 6.59. The first-order chi connectivity index (χ1) is 9.63. The summed E-state index contributed by atoms with van der Waals surface area (Å²) in [6.07, 6.45) is 1.08. The molecule has 0 spiro atoms. The molecule has 0 atom stereocenters. The van der Waals surface area contributed by atoms with E-state index in [1.807, 2.05) is 0 Å². The van der Waals surface area contributed by atoms with Gasteiger partial charge < -0.3 is 0 Å². The van der Waals surface area contributed by atoms with Crippen molar-refractivity contribution in [2.24, 2.45) is 0 Å². The first-order valence-electron chi connectivity index (χ1n) is 7.26. The van der Waals surface area contributed by atoms with E-state index < -0.39 is 0 Å². The van der Waals surface area contributed by atoms with Crippen LogP contribution in [0.2, 0.25) is 0 Å². The predicted octanol–water partition coefficient (Wildman–Crippen LogP) is 5.34. The Morgan fingerprint density at radius 3 is 2.30 bits per heavy atom. The second-order valence-corrected chi connectivity index (χ2v) is 6.11. The Kier molecular flexibility index (Phi) is 2.32. The maximum atomic E-state index is 2.38. The number of aryl methyl sites for hydroxylation is 3. The summed E-state index contributed by atoms with van der Waals surface area (Å²) < 4.78 is 0. The zero-order chi connectivity index (χ0) is 13.9. The standard InChI is InChI=1S/C20H18/c1-12-5-7-18-15(8-12)11-16-10-14(3)17-6-4-13(2)9-19(17)20(16)18/h4-10H,11H2,1-3H3. The van der Waals surface area contributed by atoms with E-state index in [1.54, 1.807) is 0 Å². The molecule has 20 heavy (non-hydrogen) atoms. The monoisotopic (exact) mass is 258 g/mol. The average molecular weight is 258 g/mol. The molecule has 0 N–H and O–H groups in total. The Balaban J connectivity index is 2.14. The molecule has 3 aromatic carbocycles. The molecule has 0 heterocycles. The van der Waals surface area contributed by atoms with E-state index in [4.69, 9.17) is 0 Å². The van der Waals surface area contributed by atoms with Crippen molar-refractivity contribution in [2.45, 2.75) is 27.2 Å². The summed E-state index contributed by atoms with van der Waals surface area (Å²) >= 11 is 0. The minimum absolute atomic E-state index is 1.08. The lowest BCUT2D eigenvalue weighted by atomic mass is 9.93. The lowest BCUT2D eigenvalue weighted by Gasteiger charge is -2.11. The van der Waals surface area contributed by atoms with Crippen molar-refractivity contribution >= 4 is 10.8 Å². The fourth-order valence-electron chi connectivity index (χ4n) is 3.57. The second-order valence-electron chi connectivity index (χ2n) is 6.11. The lowest BCUT2D eigenvalue weighted by molar-refractivity contribution is 1.24. The predicted molar refractivity (Wildman–Crippen MR) is 86.4 cm³/mol. The molecular formula is C20H18. The van der Waals surface area contributed by atoms with Crippen LogP contribution in [0, 0.1) is 20.8 Å². The van der Waals surface area contributed by atoms with Crippen LogP contribution in [-0.2, 0) is 6.42 Å². The van der Waals surface area contributed by atoms with Gasteiger partial charge in [-0.1, -0.05) is 53.6 Å². The number of fused-ring (bicyclic) bond motifs is 5. The highest BCUT2D eigenvalue weighted by molar-refractivity contribution is 6.02. The van der Waals surface area contributed by atoms with Gasteiger partial charge in [-0.2, -0.15) is 0 Å². The Bertz CT molecular complexity index is 854. The van der Waals surface area contributed by atoms with Crippen LogP contribution in [0.25, 0.3) is 21.9 Å². The maximum Gasteiger partial charge on any atom is -0.00130 e. The molecule has 98 valence electrons. The molecule has 3 aromatic rings. The van der Waals surface area contributed by atoms with Gasteiger partial charge in [0.25, 0.3) is 0 Å².